The number of rotatable bonds is 9. The second-order valence-electron chi connectivity index (χ2n) is 3.74. The van der Waals surface area contributed by atoms with Gasteiger partial charge in [0.2, 0.25) is 0 Å². The molecule has 0 heterocycles. The Hall–Kier alpha value is -1.45. The van der Waals surface area contributed by atoms with E-state index in [1.165, 1.54) is 26.0 Å². The van der Waals surface area contributed by atoms with Crippen LogP contribution in [0.2, 0.25) is 0 Å². The Balaban J connectivity index is 3.29. The number of para-hydroxylation sites is 1. The highest BCUT2D eigenvalue weighted by atomic mass is 32.2. The van der Waals surface area contributed by atoms with Gasteiger partial charge in [-0.1, -0.05) is 12.1 Å². The van der Waals surface area contributed by atoms with Crippen LogP contribution in [0.4, 0.5) is 5.69 Å². The zero-order valence-electron chi connectivity index (χ0n) is 11.8. The summed E-state index contributed by atoms with van der Waals surface area (Å²) in [5.41, 5.74) is -3.06. The lowest BCUT2D eigenvalue weighted by Crippen LogP contribution is -2.35. The first-order chi connectivity index (χ1) is 10.3. The molecule has 1 rings (SSSR count). The van der Waals surface area contributed by atoms with Crippen molar-refractivity contribution in [1.29, 1.82) is 0 Å². The second-order valence-corrected chi connectivity index (χ2v) is 5.99. The lowest BCUT2D eigenvalue weighted by atomic mass is 10.3. The van der Waals surface area contributed by atoms with Gasteiger partial charge in [-0.2, -0.15) is 12.6 Å². The number of ether oxygens (including phenoxy) is 2. The maximum Gasteiger partial charge on any atom is 0.383 e. The summed E-state index contributed by atoms with van der Waals surface area (Å²) in [6.45, 7) is 2.92. The second kappa shape index (κ2) is 7.70. The van der Waals surface area contributed by atoms with Gasteiger partial charge in [0.25, 0.3) is 14.1 Å². The van der Waals surface area contributed by atoms with Crippen LogP contribution in [0.3, 0.4) is 0 Å². The maximum atomic E-state index is 12.3. The van der Waals surface area contributed by atoms with Gasteiger partial charge in [0.15, 0.2) is 4.90 Å². The number of hydrogen-bond donors (Lipinski definition) is 0. The number of benzene rings is 1. The van der Waals surface area contributed by atoms with Gasteiger partial charge in [-0.05, 0) is 19.9 Å². The third-order valence-corrected chi connectivity index (χ3v) is 4.33. The first-order valence-electron chi connectivity index (χ1n) is 6.13. The fourth-order valence-corrected chi connectivity index (χ4v) is 3.41. The van der Waals surface area contributed by atoms with E-state index in [1.807, 2.05) is 0 Å². The summed E-state index contributed by atoms with van der Waals surface area (Å²) in [5, 5.41) is 10.9. The normalized spacial score (nSPS) is 12.5. The third kappa shape index (κ3) is 4.28. The maximum absolute atomic E-state index is 12.3. The molecule has 22 heavy (non-hydrogen) atoms. The Morgan fingerprint density at radius 3 is 2.23 bits per heavy atom. The third-order valence-electron chi connectivity index (χ3n) is 2.31. The smallest absolute Gasteiger partial charge is 0.317 e. The SMILES string of the molecule is CCOC(OCC)(OS(=O)(=O)c1ccccc1[N+](=O)[O-])P=O. The van der Waals surface area contributed by atoms with Gasteiger partial charge in [0.1, 0.15) is 0 Å². The van der Waals surface area contributed by atoms with Crippen molar-refractivity contribution in [3.8, 4) is 0 Å². The summed E-state index contributed by atoms with van der Waals surface area (Å²) in [6.07, 6.45) is 0. The molecule has 0 spiro atoms. The molecule has 0 saturated carbocycles. The van der Waals surface area contributed by atoms with Crippen LogP contribution in [0.15, 0.2) is 29.2 Å². The van der Waals surface area contributed by atoms with Crippen LogP contribution in [0.25, 0.3) is 0 Å². The van der Waals surface area contributed by atoms with Crippen molar-refractivity contribution in [1.82, 2.24) is 0 Å². The molecule has 1 aromatic carbocycles. The molecule has 9 nitrogen and oxygen atoms in total. The molecule has 11 heteroatoms. The molecular formula is C11H14NO8PS. The van der Waals surface area contributed by atoms with Crippen molar-refractivity contribution in [3.05, 3.63) is 34.4 Å². The zero-order chi connectivity index (χ0) is 16.8. The van der Waals surface area contributed by atoms with Crippen molar-refractivity contribution < 1.29 is 31.6 Å². The van der Waals surface area contributed by atoms with Crippen LogP contribution in [0, 0.1) is 10.1 Å². The number of nitrogens with zero attached hydrogens (tertiary/aromatic N) is 1. The molecule has 0 aliphatic rings. The standard InChI is InChI=1S/C11H14NO8PS/c1-3-18-11(21-15,19-4-2)20-22(16,17)10-8-6-5-7-9(10)12(13)14/h5-8H,3-4H2,1-2H3. The van der Waals surface area contributed by atoms with E-state index in [9.17, 15) is 23.1 Å². The quantitative estimate of drug-likeness (QED) is 0.218. The lowest BCUT2D eigenvalue weighted by Gasteiger charge is -2.24. The first kappa shape index (κ1) is 18.6. The Bertz CT molecular complexity index is 641. The van der Waals surface area contributed by atoms with E-state index in [0.717, 1.165) is 12.1 Å². The van der Waals surface area contributed by atoms with E-state index < -0.39 is 39.8 Å². The summed E-state index contributed by atoms with van der Waals surface area (Å²) in [7, 11) is -5.54. The van der Waals surface area contributed by atoms with Gasteiger partial charge in [-0.3, -0.25) is 14.7 Å². The van der Waals surface area contributed by atoms with Crippen molar-refractivity contribution in [2.45, 2.75) is 24.5 Å². The van der Waals surface area contributed by atoms with Crippen molar-refractivity contribution in [2.75, 3.05) is 13.2 Å². The molecule has 0 fully saturated rings. The Morgan fingerprint density at radius 2 is 1.77 bits per heavy atom. The summed E-state index contributed by atoms with van der Waals surface area (Å²) < 4.78 is 50.4. The van der Waals surface area contributed by atoms with E-state index in [4.69, 9.17) is 13.7 Å². The highest BCUT2D eigenvalue weighted by Crippen LogP contribution is 2.34. The summed E-state index contributed by atoms with van der Waals surface area (Å²) >= 11 is 0. The van der Waals surface area contributed by atoms with E-state index in [2.05, 4.69) is 0 Å². The van der Waals surface area contributed by atoms with Crippen LogP contribution in [-0.2, 0) is 28.3 Å². The Kier molecular flexibility index (Phi) is 6.51. The average Bonchev–Trinajstić information content (AvgIpc) is 2.47. The molecule has 0 radical (unpaired) electrons. The predicted octanol–water partition coefficient (Wildman–Crippen LogP) is 2.28. The zero-order valence-corrected chi connectivity index (χ0v) is 13.5. The van der Waals surface area contributed by atoms with Crippen LogP contribution in [0.1, 0.15) is 13.8 Å². The summed E-state index contributed by atoms with van der Waals surface area (Å²) in [6, 6.07) is 4.61. The molecule has 0 amide bonds. The van der Waals surface area contributed by atoms with Gasteiger partial charge >= 0.3 is 15.8 Å². The number of nitro benzene ring substituents is 1. The topological polar surface area (TPSA) is 122 Å². The van der Waals surface area contributed by atoms with E-state index >= 15 is 0 Å². The number of nitro groups is 1. The molecule has 0 bridgehead atoms. The first-order valence-corrected chi connectivity index (χ1v) is 8.35. The molecule has 0 aliphatic heterocycles. The summed E-state index contributed by atoms with van der Waals surface area (Å²) in [4.78, 5) is 9.36. The van der Waals surface area contributed by atoms with Gasteiger partial charge in [0, 0.05) is 6.07 Å². The average molecular weight is 351 g/mol. The van der Waals surface area contributed by atoms with Gasteiger partial charge < -0.3 is 9.47 Å². The minimum Gasteiger partial charge on any atom is -0.317 e. The van der Waals surface area contributed by atoms with Crippen molar-refractivity contribution in [3.63, 3.8) is 0 Å². The molecule has 0 aromatic heterocycles. The molecule has 0 N–H and O–H groups in total. The largest absolute Gasteiger partial charge is 0.383 e. The molecule has 0 aliphatic carbocycles. The fourth-order valence-electron chi connectivity index (χ4n) is 1.53. The predicted molar refractivity (Wildman–Crippen MR) is 75.0 cm³/mol. The van der Waals surface area contributed by atoms with Crippen molar-refractivity contribution in [2.24, 2.45) is 0 Å². The van der Waals surface area contributed by atoms with Gasteiger partial charge in [0.05, 0.1) is 18.1 Å². The fraction of sp³-hybridized carbons (Fsp3) is 0.455. The molecular weight excluding hydrogens is 337 g/mol. The Labute approximate surface area is 128 Å². The minimum atomic E-state index is -4.65. The van der Waals surface area contributed by atoms with Crippen molar-refractivity contribution >= 4 is 24.3 Å². The lowest BCUT2D eigenvalue weighted by molar-refractivity contribution is -0.388. The van der Waals surface area contributed by atoms with Crippen LogP contribution in [-0.4, -0.2) is 32.3 Å². The molecule has 0 saturated heterocycles. The number of hydrogen-bond acceptors (Lipinski definition) is 8. The molecule has 1 aromatic rings. The highest BCUT2D eigenvalue weighted by Gasteiger charge is 2.42. The molecule has 122 valence electrons. The van der Waals surface area contributed by atoms with E-state index in [1.54, 1.807) is 0 Å². The van der Waals surface area contributed by atoms with Crippen LogP contribution >= 0.6 is 8.46 Å². The van der Waals surface area contributed by atoms with Crippen LogP contribution < -0.4 is 0 Å². The minimum absolute atomic E-state index is 0.0539. The monoisotopic (exact) mass is 351 g/mol. The van der Waals surface area contributed by atoms with Gasteiger partial charge in [-0.15, -0.1) is 0 Å². The molecule has 0 unspecified atom stereocenters. The Morgan fingerprint density at radius 1 is 1.23 bits per heavy atom. The van der Waals surface area contributed by atoms with Gasteiger partial charge in [-0.25, -0.2) is 0 Å². The van der Waals surface area contributed by atoms with Crippen LogP contribution in [0.5, 0.6) is 0 Å². The highest BCUT2D eigenvalue weighted by molar-refractivity contribution is 7.87. The molecule has 0 atom stereocenters. The van der Waals surface area contributed by atoms with E-state index in [-0.39, 0.29) is 13.2 Å². The van der Waals surface area contributed by atoms with E-state index in [0.29, 0.717) is 0 Å². The summed E-state index contributed by atoms with van der Waals surface area (Å²) in [5.74, 6) is 0.